The molecule has 2 aromatic rings. The first-order valence-electron chi connectivity index (χ1n) is 8.24. The molecule has 0 saturated carbocycles. The van der Waals surface area contributed by atoms with Crippen LogP contribution in [-0.2, 0) is 16.9 Å². The third kappa shape index (κ3) is 7.44. The highest BCUT2D eigenvalue weighted by Gasteiger charge is 2.19. The number of aromatic nitrogens is 2. The van der Waals surface area contributed by atoms with E-state index < -0.39 is 10.4 Å². The molecular formula is C17H24N4O4S. The first kappa shape index (κ1) is 20.2. The number of anilines is 1. The average molecular weight is 380 g/mol. The minimum Gasteiger partial charge on any atom is -0.338 e. The number of hydrogen-bond acceptors (Lipinski definition) is 6. The van der Waals surface area contributed by atoms with Crippen molar-refractivity contribution in [1.82, 2.24) is 14.9 Å². The lowest BCUT2D eigenvalue weighted by Gasteiger charge is -2.34. The second kappa shape index (κ2) is 9.04. The SMILES string of the molecule is Cc1cc(C)nc(N2CCN(Cc3ccccc3)CC2)n1.O=S(=O)(O)O. The van der Waals surface area contributed by atoms with Crippen LogP contribution in [0.4, 0.5) is 5.95 Å². The fourth-order valence-corrected chi connectivity index (χ4v) is 2.80. The van der Waals surface area contributed by atoms with Crippen LogP contribution in [0.3, 0.4) is 0 Å². The molecule has 2 heterocycles. The monoisotopic (exact) mass is 380 g/mol. The van der Waals surface area contributed by atoms with Gasteiger partial charge in [-0.25, -0.2) is 9.97 Å². The summed E-state index contributed by atoms with van der Waals surface area (Å²) in [6.07, 6.45) is 0. The minimum absolute atomic E-state index is 0.881. The summed E-state index contributed by atoms with van der Waals surface area (Å²) in [6.45, 7) is 9.21. The Balaban J connectivity index is 0.000000431. The number of piperazine rings is 1. The molecular weight excluding hydrogens is 356 g/mol. The van der Waals surface area contributed by atoms with E-state index in [-0.39, 0.29) is 0 Å². The van der Waals surface area contributed by atoms with Gasteiger partial charge in [-0.1, -0.05) is 30.3 Å². The molecule has 3 rings (SSSR count). The van der Waals surface area contributed by atoms with Gasteiger partial charge in [0, 0.05) is 44.1 Å². The van der Waals surface area contributed by atoms with E-state index in [0.29, 0.717) is 0 Å². The highest BCUT2D eigenvalue weighted by molar-refractivity contribution is 7.79. The van der Waals surface area contributed by atoms with Crippen molar-refractivity contribution < 1.29 is 17.5 Å². The molecule has 1 aliphatic rings. The van der Waals surface area contributed by atoms with E-state index >= 15 is 0 Å². The van der Waals surface area contributed by atoms with Crippen molar-refractivity contribution in [3.63, 3.8) is 0 Å². The zero-order chi connectivity index (χ0) is 19.2. The number of nitrogens with zero attached hydrogens (tertiary/aromatic N) is 4. The number of benzene rings is 1. The molecule has 26 heavy (non-hydrogen) atoms. The van der Waals surface area contributed by atoms with Gasteiger partial charge < -0.3 is 4.90 Å². The van der Waals surface area contributed by atoms with Crippen molar-refractivity contribution in [2.75, 3.05) is 31.1 Å². The van der Waals surface area contributed by atoms with Gasteiger partial charge in [0.1, 0.15) is 0 Å². The van der Waals surface area contributed by atoms with Gasteiger partial charge in [0.2, 0.25) is 5.95 Å². The van der Waals surface area contributed by atoms with Crippen molar-refractivity contribution in [3.8, 4) is 0 Å². The van der Waals surface area contributed by atoms with Gasteiger partial charge in [0.25, 0.3) is 0 Å². The molecule has 9 heteroatoms. The second-order valence-electron chi connectivity index (χ2n) is 6.15. The lowest BCUT2D eigenvalue weighted by Crippen LogP contribution is -2.46. The largest absolute Gasteiger partial charge is 0.394 e. The lowest BCUT2D eigenvalue weighted by atomic mass is 10.2. The predicted molar refractivity (Wildman–Crippen MR) is 99.6 cm³/mol. The quantitative estimate of drug-likeness (QED) is 0.776. The van der Waals surface area contributed by atoms with Crippen LogP contribution >= 0.6 is 0 Å². The molecule has 0 bridgehead atoms. The van der Waals surface area contributed by atoms with Crippen LogP contribution in [0.1, 0.15) is 17.0 Å². The van der Waals surface area contributed by atoms with E-state index in [1.807, 2.05) is 19.9 Å². The Morgan fingerprint density at radius 2 is 1.46 bits per heavy atom. The number of rotatable bonds is 3. The molecule has 0 amide bonds. The Hall–Kier alpha value is -2.07. The normalized spacial score (nSPS) is 15.3. The Morgan fingerprint density at radius 3 is 1.96 bits per heavy atom. The molecule has 0 atom stereocenters. The third-order valence-electron chi connectivity index (χ3n) is 3.87. The zero-order valence-electron chi connectivity index (χ0n) is 14.9. The van der Waals surface area contributed by atoms with E-state index in [1.54, 1.807) is 0 Å². The van der Waals surface area contributed by atoms with Crippen LogP contribution in [0.5, 0.6) is 0 Å². The summed E-state index contributed by atoms with van der Waals surface area (Å²) in [6, 6.07) is 12.7. The Morgan fingerprint density at radius 1 is 0.962 bits per heavy atom. The summed E-state index contributed by atoms with van der Waals surface area (Å²) >= 11 is 0. The standard InChI is InChI=1S/C17H22N4.H2O4S/c1-14-12-15(2)19-17(18-14)21-10-8-20(9-11-21)13-16-6-4-3-5-7-16;1-5(2,3)4/h3-7,12H,8-11,13H2,1-2H3;(H2,1,2,3,4). The third-order valence-corrected chi connectivity index (χ3v) is 3.87. The van der Waals surface area contributed by atoms with E-state index in [0.717, 1.165) is 50.1 Å². The van der Waals surface area contributed by atoms with Gasteiger partial charge in [-0.15, -0.1) is 0 Å². The maximum Gasteiger partial charge on any atom is 0.394 e. The van der Waals surface area contributed by atoms with Crippen LogP contribution in [0, 0.1) is 13.8 Å². The van der Waals surface area contributed by atoms with Crippen LogP contribution in [0.2, 0.25) is 0 Å². The summed E-state index contributed by atoms with van der Waals surface area (Å²) < 4.78 is 31.6. The van der Waals surface area contributed by atoms with Crippen molar-refractivity contribution in [3.05, 3.63) is 53.3 Å². The highest BCUT2D eigenvalue weighted by Crippen LogP contribution is 2.14. The molecule has 0 spiro atoms. The van der Waals surface area contributed by atoms with Crippen molar-refractivity contribution >= 4 is 16.3 Å². The molecule has 0 radical (unpaired) electrons. The van der Waals surface area contributed by atoms with Crippen molar-refractivity contribution in [2.24, 2.45) is 0 Å². The van der Waals surface area contributed by atoms with Gasteiger partial charge in [-0.2, -0.15) is 8.42 Å². The van der Waals surface area contributed by atoms with Gasteiger partial charge >= 0.3 is 10.4 Å². The van der Waals surface area contributed by atoms with E-state index in [1.165, 1.54) is 5.56 Å². The first-order valence-corrected chi connectivity index (χ1v) is 9.64. The minimum atomic E-state index is -4.67. The van der Waals surface area contributed by atoms with Crippen molar-refractivity contribution in [1.29, 1.82) is 0 Å². The number of aryl methyl sites for hydroxylation is 2. The molecule has 2 N–H and O–H groups in total. The summed E-state index contributed by atoms with van der Waals surface area (Å²) in [5, 5.41) is 0. The summed E-state index contributed by atoms with van der Waals surface area (Å²) in [7, 11) is -4.67. The molecule has 0 unspecified atom stereocenters. The molecule has 1 fully saturated rings. The molecule has 1 aromatic heterocycles. The van der Waals surface area contributed by atoms with Gasteiger partial charge in [0.05, 0.1) is 0 Å². The van der Waals surface area contributed by atoms with E-state index in [2.05, 4.69) is 50.1 Å². The molecule has 1 saturated heterocycles. The average Bonchev–Trinajstić information content (AvgIpc) is 2.54. The fourth-order valence-electron chi connectivity index (χ4n) is 2.80. The van der Waals surface area contributed by atoms with Gasteiger partial charge in [-0.3, -0.25) is 14.0 Å². The lowest BCUT2D eigenvalue weighted by molar-refractivity contribution is 0.248. The molecule has 1 aromatic carbocycles. The summed E-state index contributed by atoms with van der Waals surface area (Å²) in [5.74, 6) is 0.881. The van der Waals surface area contributed by atoms with E-state index in [9.17, 15) is 0 Å². The first-order chi connectivity index (χ1) is 12.2. The van der Waals surface area contributed by atoms with Gasteiger partial charge in [-0.05, 0) is 25.5 Å². The van der Waals surface area contributed by atoms with Crippen LogP contribution in [0.15, 0.2) is 36.4 Å². The smallest absolute Gasteiger partial charge is 0.338 e. The Bertz CT molecular complexity index is 779. The zero-order valence-corrected chi connectivity index (χ0v) is 15.7. The summed E-state index contributed by atoms with van der Waals surface area (Å²) in [5.41, 5.74) is 3.47. The van der Waals surface area contributed by atoms with E-state index in [4.69, 9.17) is 17.5 Å². The molecule has 8 nitrogen and oxygen atoms in total. The van der Waals surface area contributed by atoms with Crippen molar-refractivity contribution in [2.45, 2.75) is 20.4 Å². The Kier molecular flexibility index (Phi) is 7.04. The molecule has 0 aliphatic carbocycles. The molecule has 1 aliphatic heterocycles. The van der Waals surface area contributed by atoms with Crippen LogP contribution < -0.4 is 4.90 Å². The predicted octanol–water partition coefficient (Wildman–Crippen LogP) is 1.76. The second-order valence-corrected chi connectivity index (χ2v) is 7.04. The van der Waals surface area contributed by atoms with Gasteiger partial charge in [0.15, 0.2) is 0 Å². The highest BCUT2D eigenvalue weighted by atomic mass is 32.3. The fraction of sp³-hybridized carbons (Fsp3) is 0.412. The Labute approximate surface area is 154 Å². The molecule has 142 valence electrons. The summed E-state index contributed by atoms with van der Waals surface area (Å²) in [4.78, 5) is 13.9. The maximum absolute atomic E-state index is 8.74. The number of hydrogen-bond donors (Lipinski definition) is 2. The topological polar surface area (TPSA) is 107 Å². The van der Waals surface area contributed by atoms with Crippen LogP contribution in [0.25, 0.3) is 0 Å². The maximum atomic E-state index is 8.74. The van der Waals surface area contributed by atoms with Crippen LogP contribution in [-0.4, -0.2) is 58.6 Å².